The molecular weight excluding hydrogens is 328 g/mol. The molecule has 1 aromatic heterocycles. The highest BCUT2D eigenvalue weighted by molar-refractivity contribution is 5.94. The van der Waals surface area contributed by atoms with E-state index in [9.17, 15) is 4.79 Å². The molecule has 138 valence electrons. The highest BCUT2D eigenvalue weighted by atomic mass is 16.5. The summed E-state index contributed by atoms with van der Waals surface area (Å²) in [5, 5.41) is 0. The number of hydrogen-bond acceptors (Lipinski definition) is 5. The number of benzene rings is 1. The van der Waals surface area contributed by atoms with E-state index in [0.29, 0.717) is 18.0 Å². The van der Waals surface area contributed by atoms with E-state index in [-0.39, 0.29) is 12.1 Å². The molecule has 2 aromatic rings. The molecule has 3 rings (SSSR count). The van der Waals surface area contributed by atoms with Crippen molar-refractivity contribution in [1.82, 2.24) is 4.98 Å². The van der Waals surface area contributed by atoms with E-state index in [0.717, 1.165) is 37.2 Å². The van der Waals surface area contributed by atoms with Gasteiger partial charge in [-0.3, -0.25) is 0 Å². The van der Waals surface area contributed by atoms with Gasteiger partial charge in [-0.25, -0.2) is 9.78 Å². The molecule has 5 nitrogen and oxygen atoms in total. The maximum Gasteiger partial charge on any atom is 0.341 e. The molecule has 0 aliphatic carbocycles. The first kappa shape index (κ1) is 18.2. The van der Waals surface area contributed by atoms with Gasteiger partial charge in [0.05, 0.1) is 6.61 Å². The van der Waals surface area contributed by atoms with Crippen LogP contribution in [-0.4, -0.2) is 36.8 Å². The molecule has 2 heterocycles. The third kappa shape index (κ3) is 4.15. The predicted octanol–water partition coefficient (Wildman–Crippen LogP) is 3.92. The van der Waals surface area contributed by atoms with Gasteiger partial charge in [0.25, 0.3) is 0 Å². The van der Waals surface area contributed by atoms with Gasteiger partial charge in [0.1, 0.15) is 23.2 Å². The molecule has 0 radical (unpaired) electrons. The van der Waals surface area contributed by atoms with Crippen LogP contribution in [0.4, 0.5) is 5.82 Å². The van der Waals surface area contributed by atoms with Gasteiger partial charge in [0.15, 0.2) is 0 Å². The molecule has 0 bridgehead atoms. The standard InChI is InChI=1S/C21H26N2O3/c1-4-25-21(24)18-6-5-11-22-20(18)23-12-9-17(10-13-23)26-19-14-15(2)7-8-16(19)3/h5-8,11,14,17H,4,9-10,12-13H2,1-3H3. The number of nitrogens with zero attached hydrogens (tertiary/aromatic N) is 2. The maximum absolute atomic E-state index is 12.2. The first-order valence-electron chi connectivity index (χ1n) is 9.19. The van der Waals surface area contributed by atoms with E-state index < -0.39 is 0 Å². The molecule has 1 saturated heterocycles. The number of anilines is 1. The van der Waals surface area contributed by atoms with Crippen LogP contribution in [0.2, 0.25) is 0 Å². The molecule has 0 N–H and O–H groups in total. The number of aromatic nitrogens is 1. The highest BCUT2D eigenvalue weighted by Crippen LogP contribution is 2.27. The Labute approximate surface area is 155 Å². The second-order valence-corrected chi connectivity index (χ2v) is 6.67. The van der Waals surface area contributed by atoms with Crippen LogP contribution in [0.1, 0.15) is 41.3 Å². The molecule has 0 spiro atoms. The third-order valence-corrected chi connectivity index (χ3v) is 4.66. The van der Waals surface area contributed by atoms with Crippen molar-refractivity contribution in [2.45, 2.75) is 39.7 Å². The number of ether oxygens (including phenoxy) is 2. The Balaban J connectivity index is 1.66. The number of carbonyl (C=O) groups is 1. The van der Waals surface area contributed by atoms with Crippen LogP contribution < -0.4 is 9.64 Å². The topological polar surface area (TPSA) is 51.7 Å². The van der Waals surface area contributed by atoms with Gasteiger partial charge in [-0.05, 0) is 50.1 Å². The van der Waals surface area contributed by atoms with Crippen LogP contribution in [0.3, 0.4) is 0 Å². The first-order valence-corrected chi connectivity index (χ1v) is 9.19. The zero-order valence-electron chi connectivity index (χ0n) is 15.7. The summed E-state index contributed by atoms with van der Waals surface area (Å²) >= 11 is 0. The van der Waals surface area contributed by atoms with Crippen molar-refractivity contribution in [3.05, 3.63) is 53.2 Å². The van der Waals surface area contributed by atoms with Gasteiger partial charge in [0, 0.05) is 32.1 Å². The van der Waals surface area contributed by atoms with Crippen LogP contribution in [-0.2, 0) is 4.74 Å². The molecule has 26 heavy (non-hydrogen) atoms. The summed E-state index contributed by atoms with van der Waals surface area (Å²) in [6, 6.07) is 9.84. The predicted molar refractivity (Wildman–Crippen MR) is 102 cm³/mol. The summed E-state index contributed by atoms with van der Waals surface area (Å²) in [6.45, 7) is 7.93. The number of hydrogen-bond donors (Lipinski definition) is 0. The molecule has 0 atom stereocenters. The fraction of sp³-hybridized carbons (Fsp3) is 0.429. The van der Waals surface area contributed by atoms with Crippen molar-refractivity contribution < 1.29 is 14.3 Å². The lowest BCUT2D eigenvalue weighted by atomic mass is 10.1. The quantitative estimate of drug-likeness (QED) is 0.762. The number of esters is 1. The number of pyridine rings is 1. The van der Waals surface area contributed by atoms with Crippen molar-refractivity contribution in [2.75, 3.05) is 24.6 Å². The summed E-state index contributed by atoms with van der Waals surface area (Å²) in [6.07, 6.45) is 3.69. The van der Waals surface area contributed by atoms with E-state index in [1.807, 2.05) is 6.92 Å². The van der Waals surface area contributed by atoms with Gasteiger partial charge >= 0.3 is 5.97 Å². The number of carbonyl (C=O) groups excluding carboxylic acids is 1. The molecule has 1 aliphatic heterocycles. The fourth-order valence-corrected chi connectivity index (χ4v) is 3.22. The van der Waals surface area contributed by atoms with Crippen molar-refractivity contribution in [3.8, 4) is 5.75 Å². The lowest BCUT2D eigenvalue weighted by Gasteiger charge is -2.34. The first-order chi connectivity index (χ1) is 12.6. The number of piperidine rings is 1. The molecule has 0 saturated carbocycles. The molecule has 1 aliphatic rings. The molecular formula is C21H26N2O3. The van der Waals surface area contributed by atoms with E-state index in [2.05, 4.69) is 41.9 Å². The number of rotatable bonds is 5. The zero-order chi connectivity index (χ0) is 18.5. The van der Waals surface area contributed by atoms with Crippen molar-refractivity contribution >= 4 is 11.8 Å². The van der Waals surface area contributed by atoms with Gasteiger partial charge < -0.3 is 14.4 Å². The number of aryl methyl sites for hydroxylation is 2. The van der Waals surface area contributed by atoms with Gasteiger partial charge in [0.2, 0.25) is 0 Å². The minimum atomic E-state index is -0.315. The lowest BCUT2D eigenvalue weighted by Crippen LogP contribution is -2.39. The van der Waals surface area contributed by atoms with Crippen LogP contribution in [0, 0.1) is 13.8 Å². The van der Waals surface area contributed by atoms with Crippen LogP contribution >= 0.6 is 0 Å². The lowest BCUT2D eigenvalue weighted by molar-refractivity contribution is 0.0526. The molecule has 1 fully saturated rings. The smallest absolute Gasteiger partial charge is 0.341 e. The summed E-state index contributed by atoms with van der Waals surface area (Å²) in [5.74, 6) is 1.36. The minimum Gasteiger partial charge on any atom is -0.490 e. The largest absolute Gasteiger partial charge is 0.490 e. The highest BCUT2D eigenvalue weighted by Gasteiger charge is 2.25. The van der Waals surface area contributed by atoms with E-state index >= 15 is 0 Å². The molecule has 5 heteroatoms. The summed E-state index contributed by atoms with van der Waals surface area (Å²) in [5.41, 5.74) is 2.89. The van der Waals surface area contributed by atoms with Crippen molar-refractivity contribution in [2.24, 2.45) is 0 Å². The average molecular weight is 354 g/mol. The van der Waals surface area contributed by atoms with Crippen LogP contribution in [0.5, 0.6) is 5.75 Å². The van der Waals surface area contributed by atoms with Crippen molar-refractivity contribution in [1.29, 1.82) is 0 Å². The molecule has 0 unspecified atom stereocenters. The Bertz CT molecular complexity index is 768. The van der Waals surface area contributed by atoms with E-state index in [4.69, 9.17) is 9.47 Å². The Morgan fingerprint density at radius 1 is 1.23 bits per heavy atom. The SMILES string of the molecule is CCOC(=O)c1cccnc1N1CCC(Oc2cc(C)ccc2C)CC1. The fourth-order valence-electron chi connectivity index (χ4n) is 3.22. The van der Waals surface area contributed by atoms with Gasteiger partial charge in [-0.2, -0.15) is 0 Å². The maximum atomic E-state index is 12.2. The summed E-state index contributed by atoms with van der Waals surface area (Å²) in [7, 11) is 0. The third-order valence-electron chi connectivity index (χ3n) is 4.66. The Morgan fingerprint density at radius 3 is 2.73 bits per heavy atom. The average Bonchev–Trinajstić information content (AvgIpc) is 2.65. The van der Waals surface area contributed by atoms with Crippen molar-refractivity contribution in [3.63, 3.8) is 0 Å². The van der Waals surface area contributed by atoms with Gasteiger partial charge in [-0.15, -0.1) is 0 Å². The van der Waals surface area contributed by atoms with Crippen LogP contribution in [0.25, 0.3) is 0 Å². The van der Waals surface area contributed by atoms with E-state index in [1.165, 1.54) is 5.56 Å². The minimum absolute atomic E-state index is 0.182. The van der Waals surface area contributed by atoms with Gasteiger partial charge in [-0.1, -0.05) is 12.1 Å². The normalized spacial score (nSPS) is 15.0. The Morgan fingerprint density at radius 2 is 2.00 bits per heavy atom. The Hall–Kier alpha value is -2.56. The monoisotopic (exact) mass is 354 g/mol. The second-order valence-electron chi connectivity index (χ2n) is 6.67. The summed E-state index contributed by atoms with van der Waals surface area (Å²) < 4.78 is 11.4. The molecule has 1 aromatic carbocycles. The van der Waals surface area contributed by atoms with E-state index in [1.54, 1.807) is 18.3 Å². The molecule has 0 amide bonds. The Kier molecular flexibility index (Phi) is 5.76. The van der Waals surface area contributed by atoms with Crippen LogP contribution in [0.15, 0.2) is 36.5 Å². The summed E-state index contributed by atoms with van der Waals surface area (Å²) in [4.78, 5) is 18.7. The second kappa shape index (κ2) is 8.21. The zero-order valence-corrected chi connectivity index (χ0v) is 15.7.